The minimum absolute atomic E-state index is 0.0743. The number of rotatable bonds is 4. The maximum Gasteiger partial charge on any atom is 0.180 e. The lowest BCUT2D eigenvalue weighted by molar-refractivity contribution is -0.117. The Morgan fingerprint density at radius 2 is 1.75 bits per heavy atom. The van der Waals surface area contributed by atoms with E-state index >= 15 is 0 Å². The summed E-state index contributed by atoms with van der Waals surface area (Å²) in [6.07, 6.45) is 2.85. The van der Waals surface area contributed by atoms with Crippen LogP contribution in [0.1, 0.15) is 18.4 Å². The number of carbonyl (C=O) groups excluding carboxylic acids is 1. The smallest absolute Gasteiger partial charge is 0.180 e. The second-order valence-electron chi connectivity index (χ2n) is 5.67. The van der Waals surface area contributed by atoms with E-state index in [0.29, 0.717) is 24.2 Å². The van der Waals surface area contributed by atoms with Gasteiger partial charge in [0.05, 0.1) is 12.5 Å². The van der Waals surface area contributed by atoms with E-state index in [1.165, 1.54) is 0 Å². The number of ether oxygens (including phenoxy) is 2. The van der Waals surface area contributed by atoms with Crippen molar-refractivity contribution in [2.45, 2.75) is 24.3 Å². The van der Waals surface area contributed by atoms with Gasteiger partial charge in [-0.15, -0.1) is 11.6 Å². The van der Waals surface area contributed by atoms with Gasteiger partial charge in [-0.2, -0.15) is 0 Å². The quantitative estimate of drug-likeness (QED) is 0.606. The van der Waals surface area contributed by atoms with Gasteiger partial charge in [-0.3, -0.25) is 4.79 Å². The number of alkyl halides is 1. The molecule has 1 aliphatic carbocycles. The molecule has 0 heterocycles. The molecule has 0 spiro atoms. The molecule has 1 aliphatic rings. The monoisotopic (exact) mass is 342 g/mol. The number of halogens is 1. The third-order valence-electron chi connectivity index (χ3n) is 4.07. The zero-order chi connectivity index (χ0) is 16.9. The Morgan fingerprint density at radius 3 is 2.50 bits per heavy atom. The van der Waals surface area contributed by atoms with E-state index in [1.807, 2.05) is 60.7 Å². The number of Topliss-reactive ketones (excluding diaryl/α,β-unsaturated/α-hetero) is 1. The van der Waals surface area contributed by atoms with Crippen LogP contribution >= 0.6 is 11.6 Å². The standard InChI is InChI=1S/C20H19ClO3/c1-23-18-10-6-5-7-14(18)13-16-19(12-11-17(21)20(16)22)24-15-8-3-2-4-9-15/h2-10,13,17,19H,11-12H2,1H3. The van der Waals surface area contributed by atoms with E-state index < -0.39 is 5.38 Å². The van der Waals surface area contributed by atoms with Crippen molar-refractivity contribution in [1.29, 1.82) is 0 Å². The van der Waals surface area contributed by atoms with Crippen LogP contribution in [0.15, 0.2) is 60.2 Å². The topological polar surface area (TPSA) is 35.5 Å². The lowest BCUT2D eigenvalue weighted by Crippen LogP contribution is -2.35. The average molecular weight is 343 g/mol. The Kier molecular flexibility index (Phi) is 5.21. The van der Waals surface area contributed by atoms with Gasteiger partial charge < -0.3 is 9.47 Å². The van der Waals surface area contributed by atoms with Crippen molar-refractivity contribution < 1.29 is 14.3 Å². The van der Waals surface area contributed by atoms with Crippen molar-refractivity contribution in [1.82, 2.24) is 0 Å². The van der Waals surface area contributed by atoms with Gasteiger partial charge >= 0.3 is 0 Å². The number of benzene rings is 2. The van der Waals surface area contributed by atoms with Crippen LogP contribution < -0.4 is 9.47 Å². The molecule has 0 bridgehead atoms. The summed E-state index contributed by atoms with van der Waals surface area (Å²) in [5.41, 5.74) is 1.44. The fourth-order valence-corrected chi connectivity index (χ4v) is 3.08. The third-order valence-corrected chi connectivity index (χ3v) is 4.49. The number of hydrogen-bond donors (Lipinski definition) is 0. The molecule has 2 aromatic carbocycles. The third kappa shape index (κ3) is 3.62. The van der Waals surface area contributed by atoms with Gasteiger partial charge in [0, 0.05) is 11.1 Å². The van der Waals surface area contributed by atoms with E-state index in [1.54, 1.807) is 7.11 Å². The molecule has 2 atom stereocenters. The van der Waals surface area contributed by atoms with Gasteiger partial charge in [-0.1, -0.05) is 36.4 Å². The van der Waals surface area contributed by atoms with Gasteiger partial charge in [-0.05, 0) is 37.1 Å². The van der Waals surface area contributed by atoms with Gasteiger partial charge in [0.25, 0.3) is 0 Å². The molecular weight excluding hydrogens is 324 g/mol. The van der Waals surface area contributed by atoms with Gasteiger partial charge in [0.15, 0.2) is 5.78 Å². The summed E-state index contributed by atoms with van der Waals surface area (Å²) in [6, 6.07) is 17.1. The summed E-state index contributed by atoms with van der Waals surface area (Å²) in [4.78, 5) is 12.6. The minimum Gasteiger partial charge on any atom is -0.496 e. The molecule has 0 aromatic heterocycles. The summed E-state index contributed by atoms with van der Waals surface area (Å²) < 4.78 is 11.4. The van der Waals surface area contributed by atoms with E-state index in [9.17, 15) is 4.79 Å². The first-order chi connectivity index (χ1) is 11.7. The van der Waals surface area contributed by atoms with Crippen LogP contribution in [0.2, 0.25) is 0 Å². The first-order valence-corrected chi connectivity index (χ1v) is 8.37. The Labute approximate surface area is 146 Å². The largest absolute Gasteiger partial charge is 0.496 e. The summed E-state index contributed by atoms with van der Waals surface area (Å²) in [6.45, 7) is 0. The molecule has 124 valence electrons. The predicted octanol–water partition coefficient (Wildman–Crippen LogP) is 4.50. The molecule has 3 rings (SSSR count). The van der Waals surface area contributed by atoms with E-state index in [0.717, 1.165) is 11.3 Å². The number of carbonyl (C=O) groups is 1. The lowest BCUT2D eigenvalue weighted by atomic mass is 9.88. The van der Waals surface area contributed by atoms with E-state index in [4.69, 9.17) is 21.1 Å². The maximum atomic E-state index is 12.6. The second kappa shape index (κ2) is 7.54. The second-order valence-corrected chi connectivity index (χ2v) is 6.20. The Hall–Kier alpha value is -2.26. The van der Waals surface area contributed by atoms with Crippen LogP contribution in [0, 0.1) is 0 Å². The normalized spacial score (nSPS) is 22.4. The molecule has 0 saturated heterocycles. The molecule has 4 heteroatoms. The molecular formula is C20H19ClO3. The molecule has 3 nitrogen and oxygen atoms in total. The van der Waals surface area contributed by atoms with Crippen LogP contribution in [-0.4, -0.2) is 24.4 Å². The fourth-order valence-electron chi connectivity index (χ4n) is 2.83. The fraction of sp³-hybridized carbons (Fsp3) is 0.250. The van der Waals surface area contributed by atoms with Gasteiger partial charge in [-0.25, -0.2) is 0 Å². The first-order valence-electron chi connectivity index (χ1n) is 7.93. The lowest BCUT2D eigenvalue weighted by Gasteiger charge is -2.28. The SMILES string of the molecule is COc1ccccc1C=C1C(=O)C(Cl)CCC1Oc1ccccc1. The first kappa shape index (κ1) is 16.6. The zero-order valence-electron chi connectivity index (χ0n) is 13.4. The Morgan fingerprint density at radius 1 is 1.04 bits per heavy atom. The zero-order valence-corrected chi connectivity index (χ0v) is 14.2. The molecule has 0 N–H and O–H groups in total. The number of ketones is 1. The molecule has 24 heavy (non-hydrogen) atoms. The van der Waals surface area contributed by atoms with Crippen molar-refractivity contribution in [3.63, 3.8) is 0 Å². The maximum absolute atomic E-state index is 12.6. The van der Waals surface area contributed by atoms with Crippen LogP contribution in [0.3, 0.4) is 0 Å². The molecule has 0 aliphatic heterocycles. The average Bonchev–Trinajstić information content (AvgIpc) is 2.62. The summed E-state index contributed by atoms with van der Waals surface area (Å²) in [5, 5.41) is -0.499. The molecule has 1 fully saturated rings. The number of hydrogen-bond acceptors (Lipinski definition) is 3. The van der Waals surface area contributed by atoms with Crippen molar-refractivity contribution in [3.8, 4) is 11.5 Å². The minimum atomic E-state index is -0.499. The predicted molar refractivity (Wildman–Crippen MR) is 95.7 cm³/mol. The van der Waals surface area contributed by atoms with Gasteiger partial charge in [0.2, 0.25) is 0 Å². The van der Waals surface area contributed by atoms with Crippen molar-refractivity contribution in [3.05, 3.63) is 65.7 Å². The van der Waals surface area contributed by atoms with Crippen LogP contribution in [-0.2, 0) is 4.79 Å². The molecule has 1 saturated carbocycles. The van der Waals surface area contributed by atoms with Gasteiger partial charge in [0.1, 0.15) is 17.6 Å². The van der Waals surface area contributed by atoms with Crippen LogP contribution in [0.4, 0.5) is 0 Å². The molecule has 2 aromatic rings. The molecule has 2 unspecified atom stereocenters. The number of para-hydroxylation sites is 2. The highest BCUT2D eigenvalue weighted by atomic mass is 35.5. The molecule has 0 amide bonds. The summed E-state index contributed by atoms with van der Waals surface area (Å²) in [5.74, 6) is 1.39. The highest BCUT2D eigenvalue weighted by Crippen LogP contribution is 2.31. The summed E-state index contributed by atoms with van der Waals surface area (Å²) in [7, 11) is 1.61. The van der Waals surface area contributed by atoms with Crippen LogP contribution in [0.5, 0.6) is 11.5 Å². The number of methoxy groups -OCH3 is 1. The highest BCUT2D eigenvalue weighted by molar-refractivity contribution is 6.34. The Bertz CT molecular complexity index is 740. The van der Waals surface area contributed by atoms with E-state index in [-0.39, 0.29) is 11.9 Å². The van der Waals surface area contributed by atoms with Crippen LogP contribution in [0.25, 0.3) is 6.08 Å². The summed E-state index contributed by atoms with van der Waals surface area (Å²) >= 11 is 6.19. The Balaban J connectivity index is 1.95. The van der Waals surface area contributed by atoms with E-state index in [2.05, 4.69) is 0 Å². The highest BCUT2D eigenvalue weighted by Gasteiger charge is 2.33. The van der Waals surface area contributed by atoms with Crippen molar-refractivity contribution >= 4 is 23.5 Å². The van der Waals surface area contributed by atoms with Crippen molar-refractivity contribution in [2.75, 3.05) is 7.11 Å². The van der Waals surface area contributed by atoms with Crippen molar-refractivity contribution in [2.24, 2.45) is 0 Å². The molecule has 0 radical (unpaired) electrons.